The van der Waals surface area contributed by atoms with E-state index in [2.05, 4.69) is 9.97 Å². The third-order valence-electron chi connectivity index (χ3n) is 3.41. The van der Waals surface area contributed by atoms with Crippen molar-refractivity contribution in [2.45, 2.75) is 11.4 Å². The van der Waals surface area contributed by atoms with Crippen molar-refractivity contribution in [1.82, 2.24) is 9.97 Å². The van der Waals surface area contributed by atoms with Gasteiger partial charge in [-0.3, -0.25) is 4.79 Å². The Morgan fingerprint density at radius 1 is 1.38 bits per heavy atom. The fourth-order valence-electron chi connectivity index (χ4n) is 2.24. The summed E-state index contributed by atoms with van der Waals surface area (Å²) in [5.41, 5.74) is 0.588. The van der Waals surface area contributed by atoms with Crippen LogP contribution in [0.4, 0.5) is 0 Å². The second kappa shape index (κ2) is 7.49. The number of nitriles is 1. The molecule has 2 heterocycles. The molecule has 0 aliphatic carbocycles. The summed E-state index contributed by atoms with van der Waals surface area (Å²) in [5.74, 6) is 0.645. The summed E-state index contributed by atoms with van der Waals surface area (Å²) >= 11 is 1.31. The van der Waals surface area contributed by atoms with Crippen LogP contribution >= 0.6 is 11.8 Å². The molecule has 0 unspecified atom stereocenters. The number of H-pyrrole nitrogens is 1. The Labute approximate surface area is 142 Å². The molecule has 0 spiro atoms. The minimum Gasteiger partial charge on any atom is -0.488 e. The van der Waals surface area contributed by atoms with Crippen molar-refractivity contribution >= 4 is 11.8 Å². The maximum Gasteiger partial charge on any atom is 0.270 e. The van der Waals surface area contributed by atoms with Crippen molar-refractivity contribution in [1.29, 1.82) is 5.26 Å². The van der Waals surface area contributed by atoms with Gasteiger partial charge in [0.15, 0.2) is 11.4 Å². The Bertz CT molecular complexity index is 808. The van der Waals surface area contributed by atoms with E-state index in [-0.39, 0.29) is 11.9 Å². The lowest BCUT2D eigenvalue weighted by Gasteiger charge is -2.11. The third-order valence-corrected chi connectivity index (χ3v) is 3.99. The number of thioether (sulfide) groups is 1. The molecule has 3 rings (SSSR count). The lowest BCUT2D eigenvalue weighted by atomic mass is 10.1. The summed E-state index contributed by atoms with van der Waals surface area (Å²) < 4.78 is 16.2. The minimum absolute atomic E-state index is 0.00535. The highest BCUT2D eigenvalue weighted by Crippen LogP contribution is 2.24. The van der Waals surface area contributed by atoms with Crippen LogP contribution in [0.25, 0.3) is 11.3 Å². The lowest BCUT2D eigenvalue weighted by Crippen LogP contribution is -2.18. The lowest BCUT2D eigenvalue weighted by molar-refractivity contribution is -0.0684. The zero-order valence-corrected chi connectivity index (χ0v) is 13.8. The minimum atomic E-state index is -0.442. The van der Waals surface area contributed by atoms with Gasteiger partial charge in [-0.15, -0.1) is 0 Å². The number of aromatic nitrogens is 2. The van der Waals surface area contributed by atoms with Gasteiger partial charge in [-0.1, -0.05) is 11.8 Å². The molecule has 24 heavy (non-hydrogen) atoms. The SMILES string of the molecule is CSc1nc(-c2ccc(OCC3OCCO3)cc2)c(C#N)c(=O)[nH]1. The van der Waals surface area contributed by atoms with Crippen molar-refractivity contribution in [3.05, 3.63) is 40.2 Å². The molecule has 0 radical (unpaired) electrons. The highest BCUT2D eigenvalue weighted by atomic mass is 32.2. The normalized spacial score (nSPS) is 14.5. The molecule has 124 valence electrons. The average molecular weight is 345 g/mol. The predicted molar refractivity (Wildman–Crippen MR) is 88.0 cm³/mol. The van der Waals surface area contributed by atoms with Gasteiger partial charge in [0.25, 0.3) is 5.56 Å². The van der Waals surface area contributed by atoms with Gasteiger partial charge < -0.3 is 19.2 Å². The van der Waals surface area contributed by atoms with Crippen molar-refractivity contribution in [3.8, 4) is 23.1 Å². The number of hydrogen-bond acceptors (Lipinski definition) is 7. The van der Waals surface area contributed by atoms with Crippen molar-refractivity contribution in [2.24, 2.45) is 0 Å². The maximum absolute atomic E-state index is 12.0. The topological polar surface area (TPSA) is 97.2 Å². The summed E-state index contributed by atoms with van der Waals surface area (Å²) in [7, 11) is 0. The Kier molecular flexibility index (Phi) is 5.15. The molecule has 1 N–H and O–H groups in total. The monoisotopic (exact) mass is 345 g/mol. The molecule has 0 saturated carbocycles. The number of rotatable bonds is 5. The van der Waals surface area contributed by atoms with Gasteiger partial charge in [-0.2, -0.15) is 5.26 Å². The van der Waals surface area contributed by atoms with E-state index >= 15 is 0 Å². The van der Waals surface area contributed by atoms with E-state index in [4.69, 9.17) is 14.2 Å². The molecule has 7 nitrogen and oxygen atoms in total. The van der Waals surface area contributed by atoms with Crippen LogP contribution in [0.5, 0.6) is 5.75 Å². The van der Waals surface area contributed by atoms with Crippen LogP contribution in [0.1, 0.15) is 5.56 Å². The zero-order chi connectivity index (χ0) is 16.9. The third kappa shape index (κ3) is 3.59. The standard InChI is InChI=1S/C16H15N3O4S/c1-24-16-18-14(12(8-17)15(20)19-16)10-2-4-11(5-3-10)23-9-13-21-6-7-22-13/h2-5,13H,6-7,9H2,1H3,(H,18,19,20). The van der Waals surface area contributed by atoms with Gasteiger partial charge in [0.1, 0.15) is 24.0 Å². The number of hydrogen-bond donors (Lipinski definition) is 1. The largest absolute Gasteiger partial charge is 0.488 e. The van der Waals surface area contributed by atoms with Crippen LogP contribution in [0.3, 0.4) is 0 Å². The fourth-order valence-corrected chi connectivity index (χ4v) is 2.62. The first-order valence-corrected chi connectivity index (χ1v) is 8.48. The van der Waals surface area contributed by atoms with E-state index in [9.17, 15) is 10.1 Å². The highest BCUT2D eigenvalue weighted by Gasteiger charge is 2.17. The molecule has 1 aliphatic rings. The first-order chi connectivity index (χ1) is 11.7. The van der Waals surface area contributed by atoms with E-state index in [0.29, 0.717) is 42.0 Å². The molecule has 1 aromatic carbocycles. The van der Waals surface area contributed by atoms with E-state index < -0.39 is 5.56 Å². The van der Waals surface area contributed by atoms with E-state index in [0.717, 1.165) is 0 Å². The van der Waals surface area contributed by atoms with Crippen molar-refractivity contribution in [2.75, 3.05) is 26.1 Å². The Morgan fingerprint density at radius 3 is 2.71 bits per heavy atom. The smallest absolute Gasteiger partial charge is 0.270 e. The molecular weight excluding hydrogens is 330 g/mol. The van der Waals surface area contributed by atoms with Crippen molar-refractivity contribution in [3.63, 3.8) is 0 Å². The Hall–Kier alpha value is -2.34. The Balaban J connectivity index is 1.81. The molecule has 0 atom stereocenters. The quantitative estimate of drug-likeness (QED) is 0.651. The summed E-state index contributed by atoms with van der Waals surface area (Å²) in [5, 5.41) is 9.68. The van der Waals surface area contributed by atoms with Gasteiger partial charge in [0.05, 0.1) is 18.9 Å². The Morgan fingerprint density at radius 2 is 2.08 bits per heavy atom. The first kappa shape index (κ1) is 16.5. The zero-order valence-electron chi connectivity index (χ0n) is 12.9. The van der Waals surface area contributed by atoms with Crippen molar-refractivity contribution < 1.29 is 14.2 Å². The summed E-state index contributed by atoms with van der Waals surface area (Å²) in [6.45, 7) is 1.47. The number of nitrogens with one attached hydrogen (secondary N) is 1. The van der Waals surface area contributed by atoms with E-state index in [1.165, 1.54) is 11.8 Å². The van der Waals surface area contributed by atoms with Gasteiger partial charge in [-0.05, 0) is 30.5 Å². The highest BCUT2D eigenvalue weighted by molar-refractivity contribution is 7.98. The van der Waals surface area contributed by atoms with Crippen LogP contribution in [0.15, 0.2) is 34.2 Å². The molecule has 0 bridgehead atoms. The van der Waals surface area contributed by atoms with Crippen LogP contribution in [-0.2, 0) is 9.47 Å². The molecule has 1 saturated heterocycles. The number of nitrogens with zero attached hydrogens (tertiary/aromatic N) is 2. The van der Waals surface area contributed by atoms with Crippen LogP contribution in [0, 0.1) is 11.3 Å². The molecule has 1 aromatic heterocycles. The fraction of sp³-hybridized carbons (Fsp3) is 0.312. The second-order valence-corrected chi connectivity index (χ2v) is 5.71. The maximum atomic E-state index is 12.0. The molecule has 1 fully saturated rings. The number of benzene rings is 1. The van der Waals surface area contributed by atoms with Gasteiger partial charge >= 0.3 is 0 Å². The molecular formula is C16H15N3O4S. The molecule has 8 heteroatoms. The summed E-state index contributed by atoms with van der Waals surface area (Å²) in [6.07, 6.45) is 1.46. The summed E-state index contributed by atoms with van der Waals surface area (Å²) in [4.78, 5) is 18.9. The second-order valence-electron chi connectivity index (χ2n) is 4.92. The molecule has 1 aliphatic heterocycles. The van der Waals surface area contributed by atoms with Crippen LogP contribution in [-0.4, -0.2) is 42.3 Å². The first-order valence-electron chi connectivity index (χ1n) is 7.26. The van der Waals surface area contributed by atoms with E-state index in [1.54, 1.807) is 30.5 Å². The average Bonchev–Trinajstić information content (AvgIpc) is 3.13. The molecule has 0 amide bonds. The van der Waals surface area contributed by atoms with Gasteiger partial charge in [-0.25, -0.2) is 4.98 Å². The van der Waals surface area contributed by atoms with Crippen LogP contribution < -0.4 is 10.3 Å². The van der Waals surface area contributed by atoms with Gasteiger partial charge in [0.2, 0.25) is 0 Å². The molecule has 2 aromatic rings. The van der Waals surface area contributed by atoms with Gasteiger partial charge in [0, 0.05) is 5.56 Å². The summed E-state index contributed by atoms with van der Waals surface area (Å²) in [6, 6.07) is 8.95. The number of ether oxygens (including phenoxy) is 3. The van der Waals surface area contributed by atoms with Crippen LogP contribution in [0.2, 0.25) is 0 Å². The predicted octanol–water partition coefficient (Wildman–Crippen LogP) is 1.78. The number of aromatic amines is 1. The van der Waals surface area contributed by atoms with E-state index in [1.807, 2.05) is 6.07 Å².